The van der Waals surface area contributed by atoms with Gasteiger partial charge in [-0.1, -0.05) is 19.9 Å². The summed E-state index contributed by atoms with van der Waals surface area (Å²) in [5.41, 5.74) is 0.177. The maximum Gasteiger partial charge on any atom is 0.129 e. The maximum absolute atomic E-state index is 13.8. The van der Waals surface area contributed by atoms with Crippen molar-refractivity contribution in [1.29, 1.82) is 0 Å². The van der Waals surface area contributed by atoms with E-state index >= 15 is 0 Å². The lowest BCUT2D eigenvalue weighted by Gasteiger charge is -2.18. The van der Waals surface area contributed by atoms with Crippen LogP contribution in [0.15, 0.2) is 30.3 Å². The van der Waals surface area contributed by atoms with Gasteiger partial charge in [-0.3, -0.25) is 0 Å². The third-order valence-corrected chi connectivity index (χ3v) is 4.77. The molecule has 0 saturated carbocycles. The van der Waals surface area contributed by atoms with Gasteiger partial charge in [-0.2, -0.15) is 0 Å². The lowest BCUT2D eigenvalue weighted by molar-refractivity contribution is 0.486. The summed E-state index contributed by atoms with van der Waals surface area (Å²) >= 11 is 1.78. The van der Waals surface area contributed by atoms with E-state index in [0.717, 1.165) is 19.4 Å². The van der Waals surface area contributed by atoms with E-state index in [0.29, 0.717) is 6.42 Å². The Hall–Kier alpha value is -1.26. The third-order valence-electron chi connectivity index (χ3n) is 3.52. The van der Waals surface area contributed by atoms with Crippen molar-refractivity contribution in [1.82, 2.24) is 5.32 Å². The van der Waals surface area contributed by atoms with Crippen molar-refractivity contribution in [2.45, 2.75) is 39.2 Å². The molecule has 0 radical (unpaired) electrons. The summed E-state index contributed by atoms with van der Waals surface area (Å²) in [6, 6.07) is 8.34. The van der Waals surface area contributed by atoms with E-state index in [1.807, 2.05) is 6.92 Å². The van der Waals surface area contributed by atoms with Gasteiger partial charge in [0.25, 0.3) is 0 Å². The summed E-state index contributed by atoms with van der Waals surface area (Å²) in [6.07, 6.45) is 2.19. The number of benzene rings is 1. The fourth-order valence-corrected chi connectivity index (χ4v) is 3.48. The van der Waals surface area contributed by atoms with Crippen LogP contribution < -0.4 is 5.32 Å². The van der Waals surface area contributed by atoms with E-state index in [9.17, 15) is 8.78 Å². The highest BCUT2D eigenvalue weighted by Gasteiger charge is 2.16. The standard InChI is InChI=1S/C17H21F2NS/c1-3-13-8-9-14(21-13)10-12(20-4-2)11-15-16(18)6-5-7-17(15)19/h5-9,12,20H,3-4,10-11H2,1-2H3. The van der Waals surface area contributed by atoms with Gasteiger partial charge in [0.05, 0.1) is 0 Å². The van der Waals surface area contributed by atoms with Crippen LogP contribution in [0.2, 0.25) is 0 Å². The average molecular weight is 309 g/mol. The summed E-state index contributed by atoms with van der Waals surface area (Å²) in [6.45, 7) is 4.93. The van der Waals surface area contributed by atoms with Crippen molar-refractivity contribution in [3.63, 3.8) is 0 Å². The predicted molar refractivity (Wildman–Crippen MR) is 84.9 cm³/mol. The van der Waals surface area contributed by atoms with Gasteiger partial charge in [0.2, 0.25) is 0 Å². The minimum Gasteiger partial charge on any atom is -0.314 e. The molecule has 0 spiro atoms. The summed E-state index contributed by atoms with van der Waals surface area (Å²) < 4.78 is 27.6. The molecule has 0 fully saturated rings. The molecule has 0 aliphatic rings. The molecule has 1 aromatic carbocycles. The molecule has 4 heteroatoms. The Kier molecular flexibility index (Phi) is 5.88. The van der Waals surface area contributed by atoms with Crippen LogP contribution in [-0.2, 0) is 19.3 Å². The van der Waals surface area contributed by atoms with E-state index in [-0.39, 0.29) is 11.6 Å². The molecule has 1 unspecified atom stereocenters. The van der Waals surface area contributed by atoms with Crippen molar-refractivity contribution < 1.29 is 8.78 Å². The molecule has 1 nitrogen and oxygen atoms in total. The van der Waals surface area contributed by atoms with Crippen molar-refractivity contribution in [2.24, 2.45) is 0 Å². The topological polar surface area (TPSA) is 12.0 Å². The largest absolute Gasteiger partial charge is 0.314 e. The number of likely N-dealkylation sites (N-methyl/N-ethyl adjacent to an activating group) is 1. The Labute approximate surface area is 129 Å². The zero-order valence-electron chi connectivity index (χ0n) is 12.5. The first kappa shape index (κ1) is 16.1. The highest BCUT2D eigenvalue weighted by molar-refractivity contribution is 7.11. The number of hydrogen-bond donors (Lipinski definition) is 1. The van der Waals surface area contributed by atoms with E-state index < -0.39 is 11.6 Å². The fraction of sp³-hybridized carbons (Fsp3) is 0.412. The van der Waals surface area contributed by atoms with Crippen LogP contribution >= 0.6 is 11.3 Å². The van der Waals surface area contributed by atoms with Crippen molar-refractivity contribution in [3.05, 3.63) is 57.3 Å². The summed E-state index contributed by atoms with van der Waals surface area (Å²) in [7, 11) is 0. The van der Waals surface area contributed by atoms with Gasteiger partial charge >= 0.3 is 0 Å². The second-order valence-corrected chi connectivity index (χ2v) is 6.34. The van der Waals surface area contributed by atoms with Crippen molar-refractivity contribution in [3.8, 4) is 0 Å². The molecule has 2 aromatic rings. The van der Waals surface area contributed by atoms with E-state index in [1.54, 1.807) is 11.3 Å². The SMILES string of the molecule is CCNC(Cc1ccc(CC)s1)Cc1c(F)cccc1F. The highest BCUT2D eigenvalue weighted by atomic mass is 32.1. The quantitative estimate of drug-likeness (QED) is 0.801. The summed E-state index contributed by atoms with van der Waals surface area (Å²) in [5, 5.41) is 3.33. The second kappa shape index (κ2) is 7.66. The summed E-state index contributed by atoms with van der Waals surface area (Å²) in [4.78, 5) is 2.60. The lowest BCUT2D eigenvalue weighted by atomic mass is 10.0. The molecule has 1 heterocycles. The summed E-state index contributed by atoms with van der Waals surface area (Å²) in [5.74, 6) is -0.920. The van der Waals surface area contributed by atoms with Crippen molar-refractivity contribution in [2.75, 3.05) is 6.54 Å². The minimum absolute atomic E-state index is 0.0461. The van der Waals surface area contributed by atoms with Crippen LogP contribution in [0, 0.1) is 11.6 Å². The van der Waals surface area contributed by atoms with Gasteiger partial charge < -0.3 is 5.32 Å². The predicted octanol–water partition coefficient (Wildman–Crippen LogP) is 4.35. The van der Waals surface area contributed by atoms with E-state index in [1.165, 1.54) is 28.0 Å². The lowest BCUT2D eigenvalue weighted by Crippen LogP contribution is -2.33. The molecule has 0 amide bonds. The number of halogens is 2. The monoisotopic (exact) mass is 309 g/mol. The molecule has 2 rings (SSSR count). The van der Waals surface area contributed by atoms with Crippen LogP contribution in [0.3, 0.4) is 0 Å². The highest BCUT2D eigenvalue weighted by Crippen LogP contribution is 2.21. The fourth-order valence-electron chi connectivity index (χ4n) is 2.44. The van der Waals surface area contributed by atoms with Crippen LogP contribution in [0.5, 0.6) is 0 Å². The van der Waals surface area contributed by atoms with Gasteiger partial charge in [0, 0.05) is 21.4 Å². The molecular weight excluding hydrogens is 288 g/mol. The third kappa shape index (κ3) is 4.35. The molecule has 0 aliphatic heterocycles. The molecule has 0 saturated heterocycles. The number of aryl methyl sites for hydroxylation is 1. The first-order valence-corrected chi connectivity index (χ1v) is 8.19. The molecule has 0 aliphatic carbocycles. The van der Waals surface area contributed by atoms with E-state index in [2.05, 4.69) is 24.4 Å². The zero-order valence-corrected chi connectivity index (χ0v) is 13.3. The first-order valence-electron chi connectivity index (χ1n) is 7.37. The molecular formula is C17H21F2NS. The number of rotatable bonds is 7. The van der Waals surface area contributed by atoms with E-state index in [4.69, 9.17) is 0 Å². The Morgan fingerprint density at radius 1 is 1.00 bits per heavy atom. The van der Waals surface area contributed by atoms with Crippen LogP contribution in [-0.4, -0.2) is 12.6 Å². The van der Waals surface area contributed by atoms with Gasteiger partial charge in [-0.25, -0.2) is 8.78 Å². The van der Waals surface area contributed by atoms with Crippen LogP contribution in [0.1, 0.15) is 29.2 Å². The number of hydrogen-bond acceptors (Lipinski definition) is 2. The normalized spacial score (nSPS) is 12.6. The van der Waals surface area contributed by atoms with Gasteiger partial charge in [-0.05, 0) is 50.1 Å². The molecule has 1 N–H and O–H groups in total. The molecule has 1 aromatic heterocycles. The Morgan fingerprint density at radius 3 is 2.24 bits per heavy atom. The Morgan fingerprint density at radius 2 is 1.67 bits per heavy atom. The smallest absolute Gasteiger partial charge is 0.129 e. The van der Waals surface area contributed by atoms with Crippen LogP contribution in [0.25, 0.3) is 0 Å². The number of thiophene rings is 1. The van der Waals surface area contributed by atoms with Crippen LogP contribution in [0.4, 0.5) is 8.78 Å². The van der Waals surface area contributed by atoms with Gasteiger partial charge in [0.1, 0.15) is 11.6 Å². The molecule has 114 valence electrons. The molecule has 0 bridgehead atoms. The first-order chi connectivity index (χ1) is 10.1. The number of nitrogens with one attached hydrogen (secondary N) is 1. The average Bonchev–Trinajstić information content (AvgIpc) is 2.91. The van der Waals surface area contributed by atoms with Gasteiger partial charge in [0.15, 0.2) is 0 Å². The van der Waals surface area contributed by atoms with Gasteiger partial charge in [-0.15, -0.1) is 11.3 Å². The Balaban J connectivity index is 2.11. The molecule has 1 atom stereocenters. The Bertz CT molecular complexity index is 560. The van der Waals surface area contributed by atoms with Crippen molar-refractivity contribution >= 4 is 11.3 Å². The second-order valence-electron chi connectivity index (χ2n) is 5.08. The maximum atomic E-state index is 13.8. The minimum atomic E-state index is -0.460. The molecule has 21 heavy (non-hydrogen) atoms. The zero-order chi connectivity index (χ0) is 15.2.